The molecular formula is C13H18F2N2. The van der Waals surface area contributed by atoms with Gasteiger partial charge in [-0.05, 0) is 25.5 Å². The monoisotopic (exact) mass is 240 g/mol. The van der Waals surface area contributed by atoms with Crippen molar-refractivity contribution >= 4 is 5.69 Å². The first-order valence-electron chi connectivity index (χ1n) is 6.07. The molecule has 0 aliphatic carbocycles. The number of anilines is 1. The van der Waals surface area contributed by atoms with Crippen LogP contribution in [0, 0.1) is 11.6 Å². The molecule has 17 heavy (non-hydrogen) atoms. The molecule has 1 fully saturated rings. The topological polar surface area (TPSA) is 15.3 Å². The Morgan fingerprint density at radius 1 is 1.41 bits per heavy atom. The SMILES string of the molecule is CCC1CN(c2cccc(F)c2F)C(C)CN1. The molecule has 0 bridgehead atoms. The Balaban J connectivity index is 2.27. The number of nitrogens with zero attached hydrogens (tertiary/aromatic N) is 1. The molecule has 2 rings (SSSR count). The Morgan fingerprint density at radius 2 is 2.18 bits per heavy atom. The van der Waals surface area contributed by atoms with Crippen LogP contribution < -0.4 is 10.2 Å². The molecule has 0 aromatic heterocycles. The molecule has 94 valence electrons. The highest BCUT2D eigenvalue weighted by Gasteiger charge is 2.26. The summed E-state index contributed by atoms with van der Waals surface area (Å²) >= 11 is 0. The molecule has 1 aromatic carbocycles. The minimum absolute atomic E-state index is 0.175. The lowest BCUT2D eigenvalue weighted by atomic mass is 10.1. The van der Waals surface area contributed by atoms with Crippen LogP contribution in [0.25, 0.3) is 0 Å². The van der Waals surface area contributed by atoms with E-state index in [1.165, 1.54) is 0 Å². The van der Waals surface area contributed by atoms with Gasteiger partial charge < -0.3 is 10.2 Å². The smallest absolute Gasteiger partial charge is 0.182 e. The van der Waals surface area contributed by atoms with Crippen molar-refractivity contribution in [3.05, 3.63) is 29.8 Å². The van der Waals surface area contributed by atoms with Gasteiger partial charge in [0, 0.05) is 25.2 Å². The molecule has 1 heterocycles. The fourth-order valence-electron chi connectivity index (χ4n) is 2.25. The van der Waals surface area contributed by atoms with Gasteiger partial charge in [0.1, 0.15) is 0 Å². The third kappa shape index (κ3) is 2.41. The van der Waals surface area contributed by atoms with Gasteiger partial charge in [-0.25, -0.2) is 8.78 Å². The zero-order valence-electron chi connectivity index (χ0n) is 10.2. The van der Waals surface area contributed by atoms with E-state index in [4.69, 9.17) is 0 Å². The number of benzene rings is 1. The van der Waals surface area contributed by atoms with Crippen molar-refractivity contribution in [1.29, 1.82) is 0 Å². The molecule has 4 heteroatoms. The fraction of sp³-hybridized carbons (Fsp3) is 0.538. The lowest BCUT2D eigenvalue weighted by molar-refractivity contribution is 0.391. The average molecular weight is 240 g/mol. The van der Waals surface area contributed by atoms with Gasteiger partial charge in [0.25, 0.3) is 0 Å². The van der Waals surface area contributed by atoms with Crippen molar-refractivity contribution in [2.24, 2.45) is 0 Å². The van der Waals surface area contributed by atoms with Gasteiger partial charge in [0.15, 0.2) is 11.6 Å². The van der Waals surface area contributed by atoms with Gasteiger partial charge >= 0.3 is 0 Å². The van der Waals surface area contributed by atoms with Gasteiger partial charge in [0.2, 0.25) is 0 Å². The van der Waals surface area contributed by atoms with E-state index < -0.39 is 11.6 Å². The van der Waals surface area contributed by atoms with Crippen LogP contribution in [0.3, 0.4) is 0 Å². The van der Waals surface area contributed by atoms with Crippen molar-refractivity contribution in [3.8, 4) is 0 Å². The van der Waals surface area contributed by atoms with Crippen LogP contribution >= 0.6 is 0 Å². The highest BCUT2D eigenvalue weighted by Crippen LogP contribution is 2.25. The van der Waals surface area contributed by atoms with E-state index in [0.717, 1.165) is 25.6 Å². The number of halogens is 2. The van der Waals surface area contributed by atoms with E-state index in [1.807, 2.05) is 11.8 Å². The van der Waals surface area contributed by atoms with E-state index >= 15 is 0 Å². The molecule has 1 saturated heterocycles. The zero-order valence-corrected chi connectivity index (χ0v) is 10.2. The summed E-state index contributed by atoms with van der Waals surface area (Å²) < 4.78 is 27.0. The summed E-state index contributed by atoms with van der Waals surface area (Å²) in [6, 6.07) is 4.88. The summed E-state index contributed by atoms with van der Waals surface area (Å²) in [7, 11) is 0. The molecule has 0 spiro atoms. The lowest BCUT2D eigenvalue weighted by Gasteiger charge is -2.40. The van der Waals surface area contributed by atoms with Gasteiger partial charge in [-0.15, -0.1) is 0 Å². The van der Waals surface area contributed by atoms with E-state index in [9.17, 15) is 8.78 Å². The van der Waals surface area contributed by atoms with Crippen LogP contribution in [0.5, 0.6) is 0 Å². The normalized spacial score (nSPS) is 25.1. The second-order valence-electron chi connectivity index (χ2n) is 4.59. The first-order chi connectivity index (χ1) is 8.13. The van der Waals surface area contributed by atoms with E-state index in [1.54, 1.807) is 12.1 Å². The van der Waals surface area contributed by atoms with Crippen molar-refractivity contribution in [1.82, 2.24) is 5.32 Å². The maximum Gasteiger partial charge on any atom is 0.182 e. The summed E-state index contributed by atoms with van der Waals surface area (Å²) in [5.41, 5.74) is 0.373. The molecule has 0 saturated carbocycles. The highest BCUT2D eigenvalue weighted by molar-refractivity contribution is 5.49. The maximum atomic E-state index is 13.8. The number of piperazine rings is 1. The molecule has 2 atom stereocenters. The second-order valence-corrected chi connectivity index (χ2v) is 4.59. The predicted molar refractivity (Wildman–Crippen MR) is 65.2 cm³/mol. The highest BCUT2D eigenvalue weighted by atomic mass is 19.2. The van der Waals surface area contributed by atoms with Gasteiger partial charge in [0.05, 0.1) is 5.69 Å². The second kappa shape index (κ2) is 5.00. The van der Waals surface area contributed by atoms with Crippen molar-refractivity contribution in [3.63, 3.8) is 0 Å². The van der Waals surface area contributed by atoms with Crippen LogP contribution in [-0.2, 0) is 0 Å². The summed E-state index contributed by atoms with van der Waals surface area (Å²) in [6.07, 6.45) is 0.986. The Kier molecular flexibility index (Phi) is 3.62. The van der Waals surface area contributed by atoms with Crippen molar-refractivity contribution < 1.29 is 8.78 Å². The number of hydrogen-bond donors (Lipinski definition) is 1. The number of hydrogen-bond acceptors (Lipinski definition) is 2. The molecule has 2 nitrogen and oxygen atoms in total. The van der Waals surface area contributed by atoms with Gasteiger partial charge in [-0.1, -0.05) is 13.0 Å². The minimum atomic E-state index is -0.777. The van der Waals surface area contributed by atoms with Crippen LogP contribution in [-0.4, -0.2) is 25.2 Å². The third-order valence-electron chi connectivity index (χ3n) is 3.38. The molecule has 1 aliphatic rings. The molecule has 0 amide bonds. The number of nitrogens with one attached hydrogen (secondary N) is 1. The van der Waals surface area contributed by atoms with E-state index in [0.29, 0.717) is 11.7 Å². The Morgan fingerprint density at radius 3 is 2.88 bits per heavy atom. The van der Waals surface area contributed by atoms with Gasteiger partial charge in [-0.2, -0.15) is 0 Å². The average Bonchev–Trinajstić information content (AvgIpc) is 2.34. The van der Waals surface area contributed by atoms with Crippen LogP contribution in [0.15, 0.2) is 18.2 Å². The molecule has 1 N–H and O–H groups in total. The van der Waals surface area contributed by atoms with Gasteiger partial charge in [-0.3, -0.25) is 0 Å². The summed E-state index contributed by atoms with van der Waals surface area (Å²) in [4.78, 5) is 1.95. The predicted octanol–water partition coefficient (Wildman–Crippen LogP) is 2.54. The van der Waals surface area contributed by atoms with Crippen LogP contribution in [0.4, 0.5) is 14.5 Å². The number of rotatable bonds is 2. The van der Waals surface area contributed by atoms with Crippen LogP contribution in [0.1, 0.15) is 20.3 Å². The zero-order chi connectivity index (χ0) is 12.4. The first-order valence-corrected chi connectivity index (χ1v) is 6.07. The van der Waals surface area contributed by atoms with Crippen LogP contribution in [0.2, 0.25) is 0 Å². The van der Waals surface area contributed by atoms with E-state index in [-0.39, 0.29) is 6.04 Å². The summed E-state index contributed by atoms with van der Waals surface area (Å²) in [5, 5.41) is 3.39. The standard InChI is InChI=1S/C13H18F2N2/c1-3-10-8-17(9(2)7-16-10)12-6-4-5-11(14)13(12)15/h4-6,9-10,16H,3,7-8H2,1-2H3. The molecule has 0 radical (unpaired) electrons. The Hall–Kier alpha value is -1.16. The minimum Gasteiger partial charge on any atom is -0.364 e. The molecule has 1 aromatic rings. The van der Waals surface area contributed by atoms with E-state index in [2.05, 4.69) is 12.2 Å². The molecular weight excluding hydrogens is 222 g/mol. The molecule has 1 aliphatic heterocycles. The van der Waals surface area contributed by atoms with Crippen molar-refractivity contribution in [2.75, 3.05) is 18.0 Å². The quantitative estimate of drug-likeness (QED) is 0.854. The lowest BCUT2D eigenvalue weighted by Crippen LogP contribution is -2.55. The Bertz CT molecular complexity index is 395. The fourth-order valence-corrected chi connectivity index (χ4v) is 2.25. The molecule has 2 unspecified atom stereocenters. The summed E-state index contributed by atoms with van der Waals surface area (Å²) in [6.45, 7) is 5.63. The Labute approximate surface area is 101 Å². The largest absolute Gasteiger partial charge is 0.364 e. The first kappa shape index (κ1) is 12.3. The summed E-state index contributed by atoms with van der Waals surface area (Å²) in [5.74, 6) is -1.52. The maximum absolute atomic E-state index is 13.8. The third-order valence-corrected chi connectivity index (χ3v) is 3.38. The van der Waals surface area contributed by atoms with Crippen molar-refractivity contribution in [2.45, 2.75) is 32.4 Å².